The van der Waals surface area contributed by atoms with Crippen molar-refractivity contribution < 1.29 is 4.79 Å². The number of carbonyl (C=O) groups is 1. The van der Waals surface area contributed by atoms with E-state index < -0.39 is 0 Å². The van der Waals surface area contributed by atoms with E-state index in [-0.39, 0.29) is 11.9 Å². The van der Waals surface area contributed by atoms with E-state index in [4.69, 9.17) is 5.73 Å². The summed E-state index contributed by atoms with van der Waals surface area (Å²) in [5.74, 6) is -0.0220. The summed E-state index contributed by atoms with van der Waals surface area (Å²) in [6.45, 7) is 3.92. The SMILES string of the molecule is CC(C)NC(=O)c1ccc(NC2CCCC(N)C2)cc1. The lowest BCUT2D eigenvalue weighted by molar-refractivity contribution is 0.0943. The van der Waals surface area contributed by atoms with Crippen LogP contribution in [0.5, 0.6) is 0 Å². The maximum Gasteiger partial charge on any atom is 0.251 e. The number of nitrogens with two attached hydrogens (primary N) is 1. The molecule has 2 unspecified atom stereocenters. The molecule has 1 aliphatic rings. The minimum Gasteiger partial charge on any atom is -0.382 e. The van der Waals surface area contributed by atoms with Crippen molar-refractivity contribution >= 4 is 11.6 Å². The Balaban J connectivity index is 1.92. The molecule has 20 heavy (non-hydrogen) atoms. The molecule has 1 saturated carbocycles. The highest BCUT2D eigenvalue weighted by Crippen LogP contribution is 2.21. The summed E-state index contributed by atoms with van der Waals surface area (Å²) in [5.41, 5.74) is 7.76. The van der Waals surface area contributed by atoms with Crippen molar-refractivity contribution in [3.63, 3.8) is 0 Å². The van der Waals surface area contributed by atoms with Gasteiger partial charge >= 0.3 is 0 Å². The lowest BCUT2D eigenvalue weighted by atomic mass is 9.91. The second-order valence-corrected chi connectivity index (χ2v) is 5.97. The third kappa shape index (κ3) is 4.23. The number of nitrogens with one attached hydrogen (secondary N) is 2. The van der Waals surface area contributed by atoms with Crippen LogP contribution in [0, 0.1) is 0 Å². The standard InChI is InChI=1S/C16H25N3O/c1-11(2)18-16(20)12-6-8-14(9-7-12)19-15-5-3-4-13(17)10-15/h6-9,11,13,15,19H,3-5,10,17H2,1-2H3,(H,18,20). The fourth-order valence-corrected chi connectivity index (χ4v) is 2.66. The Kier molecular flexibility index (Phi) is 5.01. The van der Waals surface area contributed by atoms with Gasteiger partial charge in [0.2, 0.25) is 0 Å². The smallest absolute Gasteiger partial charge is 0.251 e. The van der Waals surface area contributed by atoms with E-state index in [0.29, 0.717) is 17.6 Å². The maximum absolute atomic E-state index is 11.9. The zero-order chi connectivity index (χ0) is 14.5. The van der Waals surface area contributed by atoms with Gasteiger partial charge in [-0.25, -0.2) is 0 Å². The largest absolute Gasteiger partial charge is 0.382 e. The highest BCUT2D eigenvalue weighted by Gasteiger charge is 2.18. The van der Waals surface area contributed by atoms with E-state index in [1.807, 2.05) is 38.1 Å². The molecule has 0 saturated heterocycles. The van der Waals surface area contributed by atoms with Gasteiger partial charge in [-0.05, 0) is 63.8 Å². The van der Waals surface area contributed by atoms with E-state index in [9.17, 15) is 4.79 Å². The zero-order valence-electron chi connectivity index (χ0n) is 12.4. The minimum atomic E-state index is -0.0220. The molecule has 110 valence electrons. The molecule has 0 spiro atoms. The van der Waals surface area contributed by atoms with Crippen molar-refractivity contribution in [1.29, 1.82) is 0 Å². The van der Waals surface area contributed by atoms with Crippen LogP contribution in [0.3, 0.4) is 0 Å². The van der Waals surface area contributed by atoms with Crippen LogP contribution in [-0.2, 0) is 0 Å². The van der Waals surface area contributed by atoms with Gasteiger partial charge < -0.3 is 16.4 Å². The van der Waals surface area contributed by atoms with Crippen molar-refractivity contribution in [2.24, 2.45) is 5.73 Å². The molecular formula is C16H25N3O. The lowest BCUT2D eigenvalue weighted by Crippen LogP contribution is -2.34. The van der Waals surface area contributed by atoms with Crippen molar-refractivity contribution in [3.8, 4) is 0 Å². The predicted octanol–water partition coefficient (Wildman–Crippen LogP) is 2.51. The summed E-state index contributed by atoms with van der Waals surface area (Å²) >= 11 is 0. The van der Waals surface area contributed by atoms with E-state index in [2.05, 4.69) is 10.6 Å². The molecular weight excluding hydrogens is 250 g/mol. The summed E-state index contributed by atoms with van der Waals surface area (Å²) in [6, 6.07) is 8.59. The summed E-state index contributed by atoms with van der Waals surface area (Å²) in [6.07, 6.45) is 4.51. The Labute approximate surface area is 121 Å². The fraction of sp³-hybridized carbons (Fsp3) is 0.562. The van der Waals surface area contributed by atoms with Gasteiger partial charge in [-0.3, -0.25) is 4.79 Å². The van der Waals surface area contributed by atoms with E-state index in [0.717, 1.165) is 18.5 Å². The van der Waals surface area contributed by atoms with Crippen LogP contribution in [0.4, 0.5) is 5.69 Å². The second-order valence-electron chi connectivity index (χ2n) is 5.97. The summed E-state index contributed by atoms with van der Waals surface area (Å²) in [7, 11) is 0. The highest BCUT2D eigenvalue weighted by atomic mass is 16.1. The molecule has 4 nitrogen and oxygen atoms in total. The van der Waals surface area contributed by atoms with Crippen molar-refractivity contribution in [1.82, 2.24) is 5.32 Å². The lowest BCUT2D eigenvalue weighted by Gasteiger charge is -2.28. The van der Waals surface area contributed by atoms with E-state index in [1.54, 1.807) is 0 Å². The number of benzene rings is 1. The molecule has 0 radical (unpaired) electrons. The number of carbonyl (C=O) groups excluding carboxylic acids is 1. The average molecular weight is 275 g/mol. The predicted molar refractivity (Wildman–Crippen MR) is 82.9 cm³/mol. The Hall–Kier alpha value is -1.55. The van der Waals surface area contributed by atoms with Crippen LogP contribution in [0.1, 0.15) is 49.9 Å². The van der Waals surface area contributed by atoms with Crippen LogP contribution in [0.15, 0.2) is 24.3 Å². The Morgan fingerprint density at radius 1 is 1.25 bits per heavy atom. The topological polar surface area (TPSA) is 67.2 Å². The molecule has 4 heteroatoms. The van der Waals surface area contributed by atoms with Gasteiger partial charge in [0.05, 0.1) is 0 Å². The van der Waals surface area contributed by atoms with Gasteiger partial charge in [-0.1, -0.05) is 0 Å². The number of anilines is 1. The number of hydrogen-bond donors (Lipinski definition) is 3. The van der Waals surface area contributed by atoms with Gasteiger partial charge in [0, 0.05) is 29.4 Å². The Morgan fingerprint density at radius 3 is 2.55 bits per heavy atom. The molecule has 0 aromatic heterocycles. The van der Waals surface area contributed by atoms with E-state index >= 15 is 0 Å². The monoisotopic (exact) mass is 275 g/mol. The third-order valence-electron chi connectivity index (χ3n) is 3.65. The average Bonchev–Trinajstić information content (AvgIpc) is 2.38. The van der Waals surface area contributed by atoms with Crippen LogP contribution >= 0.6 is 0 Å². The van der Waals surface area contributed by atoms with Crippen LogP contribution in [0.25, 0.3) is 0 Å². The van der Waals surface area contributed by atoms with Crippen LogP contribution in [0.2, 0.25) is 0 Å². The molecule has 1 fully saturated rings. The number of amides is 1. The van der Waals surface area contributed by atoms with Crippen molar-refractivity contribution in [2.45, 2.75) is 57.7 Å². The maximum atomic E-state index is 11.9. The molecule has 2 atom stereocenters. The molecule has 1 aromatic carbocycles. The highest BCUT2D eigenvalue weighted by molar-refractivity contribution is 5.94. The van der Waals surface area contributed by atoms with Gasteiger partial charge in [-0.2, -0.15) is 0 Å². The molecule has 1 aromatic rings. The van der Waals surface area contributed by atoms with Gasteiger partial charge in [0.15, 0.2) is 0 Å². The fourth-order valence-electron chi connectivity index (χ4n) is 2.66. The van der Waals surface area contributed by atoms with Crippen molar-refractivity contribution in [2.75, 3.05) is 5.32 Å². The number of rotatable bonds is 4. The van der Waals surface area contributed by atoms with Gasteiger partial charge in [0.25, 0.3) is 5.91 Å². The molecule has 1 amide bonds. The minimum absolute atomic E-state index is 0.0220. The first-order chi connectivity index (χ1) is 9.54. The first kappa shape index (κ1) is 14.9. The molecule has 1 aliphatic carbocycles. The van der Waals surface area contributed by atoms with Crippen LogP contribution < -0.4 is 16.4 Å². The first-order valence-corrected chi connectivity index (χ1v) is 7.47. The van der Waals surface area contributed by atoms with E-state index in [1.165, 1.54) is 12.8 Å². The quantitative estimate of drug-likeness (QED) is 0.791. The first-order valence-electron chi connectivity index (χ1n) is 7.47. The molecule has 4 N–H and O–H groups in total. The Morgan fingerprint density at radius 2 is 1.95 bits per heavy atom. The molecule has 0 aliphatic heterocycles. The second kappa shape index (κ2) is 6.75. The van der Waals surface area contributed by atoms with Crippen molar-refractivity contribution in [3.05, 3.63) is 29.8 Å². The van der Waals surface area contributed by atoms with Crippen LogP contribution in [-0.4, -0.2) is 24.0 Å². The number of hydrogen-bond acceptors (Lipinski definition) is 3. The molecule has 0 heterocycles. The molecule has 0 bridgehead atoms. The summed E-state index contributed by atoms with van der Waals surface area (Å²) in [4.78, 5) is 11.9. The zero-order valence-corrected chi connectivity index (χ0v) is 12.4. The summed E-state index contributed by atoms with van der Waals surface area (Å²) < 4.78 is 0. The third-order valence-corrected chi connectivity index (χ3v) is 3.65. The van der Waals surface area contributed by atoms with Gasteiger partial charge in [-0.15, -0.1) is 0 Å². The molecule has 2 rings (SSSR count). The summed E-state index contributed by atoms with van der Waals surface area (Å²) in [5, 5.41) is 6.40. The van der Waals surface area contributed by atoms with Gasteiger partial charge in [0.1, 0.15) is 0 Å². The normalized spacial score (nSPS) is 22.6. The Bertz CT molecular complexity index is 442.